The molecule has 124 valence electrons. The number of sulfone groups is 1. The van der Waals surface area contributed by atoms with E-state index < -0.39 is 33.4 Å². The number of aliphatic hydroxyl groups excluding tert-OH is 1. The average molecular weight is 331 g/mol. The largest absolute Gasteiger partial charge is 0.416 e. The van der Waals surface area contributed by atoms with Gasteiger partial charge in [0.15, 0.2) is 21.9 Å². The van der Waals surface area contributed by atoms with Crippen LogP contribution in [-0.4, -0.2) is 73.8 Å². The van der Waals surface area contributed by atoms with Gasteiger partial charge in [0.05, 0.1) is 17.0 Å². The van der Waals surface area contributed by atoms with E-state index in [2.05, 4.69) is 10.3 Å². The molecule has 21 heavy (non-hydrogen) atoms. The first-order chi connectivity index (χ1) is 9.40. The highest BCUT2D eigenvalue weighted by molar-refractivity contribution is 7.92. The van der Waals surface area contributed by atoms with Crippen LogP contribution in [0.2, 0.25) is 0 Å². The number of aliphatic imine (C=N–C) groups is 1. The Balaban J connectivity index is 2.72. The van der Waals surface area contributed by atoms with E-state index >= 15 is 0 Å². The zero-order valence-corrected chi connectivity index (χ0v) is 12.9. The van der Waals surface area contributed by atoms with Gasteiger partial charge in [-0.25, -0.2) is 8.42 Å². The number of hydrogen-bond donors (Lipinski definition) is 2. The van der Waals surface area contributed by atoms with Gasteiger partial charge < -0.3 is 15.3 Å². The number of rotatable bonds is 2. The summed E-state index contributed by atoms with van der Waals surface area (Å²) < 4.78 is 59.5. The van der Waals surface area contributed by atoms with E-state index in [9.17, 15) is 21.6 Å². The zero-order chi connectivity index (χ0) is 16.5. The second-order valence-corrected chi connectivity index (χ2v) is 8.23. The van der Waals surface area contributed by atoms with Crippen molar-refractivity contribution in [3.8, 4) is 0 Å². The predicted octanol–water partition coefficient (Wildman–Crippen LogP) is -0.00600. The third kappa shape index (κ3) is 4.22. The molecule has 1 heterocycles. The Morgan fingerprint density at radius 1 is 1.48 bits per heavy atom. The molecule has 0 aromatic heterocycles. The van der Waals surface area contributed by atoms with Crippen molar-refractivity contribution < 1.29 is 26.7 Å². The van der Waals surface area contributed by atoms with Gasteiger partial charge in [-0.2, -0.15) is 13.2 Å². The van der Waals surface area contributed by atoms with Crippen LogP contribution >= 0.6 is 0 Å². The summed E-state index contributed by atoms with van der Waals surface area (Å²) in [5.41, 5.74) is 0. The third-order valence-corrected chi connectivity index (χ3v) is 5.92. The maximum absolute atomic E-state index is 12.2. The molecular weight excluding hydrogens is 311 g/mol. The van der Waals surface area contributed by atoms with Crippen LogP contribution in [0, 0.1) is 0 Å². The number of alkyl halides is 3. The normalized spacial score (nSPS) is 23.8. The molecule has 1 aliphatic rings. The molecule has 10 heteroatoms. The van der Waals surface area contributed by atoms with Crippen molar-refractivity contribution in [2.24, 2.45) is 4.99 Å². The van der Waals surface area contributed by atoms with Gasteiger partial charge in [0, 0.05) is 20.1 Å². The summed E-state index contributed by atoms with van der Waals surface area (Å²) in [5.74, 6) is 0.0454. The lowest BCUT2D eigenvalue weighted by molar-refractivity contribution is -0.201. The van der Waals surface area contributed by atoms with Crippen LogP contribution in [0.25, 0.3) is 0 Å². The summed E-state index contributed by atoms with van der Waals surface area (Å²) in [4.78, 5) is 5.41. The molecule has 0 aliphatic carbocycles. The maximum Gasteiger partial charge on any atom is 0.416 e. The van der Waals surface area contributed by atoms with E-state index in [0.717, 1.165) is 0 Å². The third-order valence-electron chi connectivity index (χ3n) is 3.39. The highest BCUT2D eigenvalue weighted by Gasteiger charge is 2.42. The minimum Gasteiger partial charge on any atom is -0.382 e. The monoisotopic (exact) mass is 331 g/mol. The van der Waals surface area contributed by atoms with E-state index in [0.29, 0.717) is 0 Å². The maximum atomic E-state index is 12.2. The van der Waals surface area contributed by atoms with Crippen LogP contribution < -0.4 is 5.32 Å². The molecule has 0 bridgehead atoms. The molecule has 1 saturated heterocycles. The number of nitrogens with zero attached hydrogens (tertiary/aromatic N) is 2. The second-order valence-electron chi connectivity index (χ2n) is 5.49. The molecule has 0 saturated carbocycles. The van der Waals surface area contributed by atoms with Crippen LogP contribution in [0.5, 0.6) is 0 Å². The summed E-state index contributed by atoms with van der Waals surface area (Å²) in [7, 11) is -1.86. The highest BCUT2D eigenvalue weighted by Crippen LogP contribution is 2.24. The molecule has 1 fully saturated rings. The van der Waals surface area contributed by atoms with Crippen molar-refractivity contribution in [2.45, 2.75) is 30.9 Å². The summed E-state index contributed by atoms with van der Waals surface area (Å²) in [5, 5.41) is 11.4. The van der Waals surface area contributed by atoms with Crippen molar-refractivity contribution in [3.05, 3.63) is 0 Å². The minimum absolute atomic E-state index is 0.0947. The Hall–Kier alpha value is -1.03. The SMILES string of the molecule is CN=C(NCC(O)C(F)(F)F)N1CCS(=O)(=O)C(C)(C)C1. The van der Waals surface area contributed by atoms with Gasteiger partial charge in [0.25, 0.3) is 0 Å². The number of hydrogen-bond acceptors (Lipinski definition) is 4. The van der Waals surface area contributed by atoms with Gasteiger partial charge in [-0.1, -0.05) is 0 Å². The fourth-order valence-corrected chi connectivity index (χ4v) is 3.33. The van der Waals surface area contributed by atoms with Crippen LogP contribution in [0.1, 0.15) is 13.8 Å². The van der Waals surface area contributed by atoms with Gasteiger partial charge in [0.2, 0.25) is 0 Å². The molecule has 1 rings (SSSR count). The molecule has 1 unspecified atom stereocenters. The number of aliphatic hydroxyl groups is 1. The quantitative estimate of drug-likeness (QED) is 0.550. The lowest BCUT2D eigenvalue weighted by Gasteiger charge is -2.39. The Morgan fingerprint density at radius 2 is 2.05 bits per heavy atom. The van der Waals surface area contributed by atoms with Gasteiger partial charge in [-0.3, -0.25) is 4.99 Å². The summed E-state index contributed by atoms with van der Waals surface area (Å²) in [6, 6.07) is 0. The number of guanidine groups is 1. The van der Waals surface area contributed by atoms with Gasteiger partial charge in [-0.15, -0.1) is 0 Å². The molecule has 0 amide bonds. The Morgan fingerprint density at radius 3 is 2.48 bits per heavy atom. The fourth-order valence-electron chi connectivity index (χ4n) is 1.96. The van der Waals surface area contributed by atoms with Gasteiger partial charge in [0.1, 0.15) is 0 Å². The molecule has 0 aromatic rings. The predicted molar refractivity (Wildman–Crippen MR) is 72.9 cm³/mol. The number of halogens is 3. The molecule has 0 spiro atoms. The molecule has 6 nitrogen and oxygen atoms in total. The van der Waals surface area contributed by atoms with Crippen molar-refractivity contribution in [2.75, 3.05) is 32.4 Å². The van der Waals surface area contributed by atoms with Crippen LogP contribution in [0.15, 0.2) is 4.99 Å². The smallest absolute Gasteiger partial charge is 0.382 e. The van der Waals surface area contributed by atoms with Crippen LogP contribution in [0.4, 0.5) is 13.2 Å². The lowest BCUT2D eigenvalue weighted by atomic mass is 10.2. The van der Waals surface area contributed by atoms with Crippen molar-refractivity contribution in [1.82, 2.24) is 10.2 Å². The standard InChI is InChI=1S/C11H20F3N3O3S/c1-10(2)7-17(4-5-21(10,19)20)9(15-3)16-6-8(18)11(12,13)14/h8,18H,4-7H2,1-3H3,(H,15,16). The Labute approximate surface area is 122 Å². The molecule has 1 aliphatic heterocycles. The first-order valence-electron chi connectivity index (χ1n) is 6.33. The number of nitrogens with one attached hydrogen (secondary N) is 1. The lowest BCUT2D eigenvalue weighted by Crippen LogP contribution is -2.58. The molecule has 1 atom stereocenters. The Kier molecular flexibility index (Phi) is 5.14. The van der Waals surface area contributed by atoms with E-state index in [1.54, 1.807) is 18.7 Å². The van der Waals surface area contributed by atoms with Gasteiger partial charge >= 0.3 is 6.18 Å². The summed E-state index contributed by atoms with van der Waals surface area (Å²) in [6.07, 6.45) is -7.22. The van der Waals surface area contributed by atoms with E-state index in [-0.39, 0.29) is 24.8 Å². The van der Waals surface area contributed by atoms with Crippen LogP contribution in [0.3, 0.4) is 0 Å². The second kappa shape index (κ2) is 5.99. The van der Waals surface area contributed by atoms with E-state index in [1.165, 1.54) is 7.05 Å². The molecule has 0 aromatic carbocycles. The van der Waals surface area contributed by atoms with Crippen molar-refractivity contribution in [3.63, 3.8) is 0 Å². The molecule has 2 N–H and O–H groups in total. The van der Waals surface area contributed by atoms with E-state index in [4.69, 9.17) is 5.11 Å². The average Bonchev–Trinajstić information content (AvgIpc) is 2.32. The first-order valence-corrected chi connectivity index (χ1v) is 7.98. The summed E-state index contributed by atoms with van der Waals surface area (Å²) >= 11 is 0. The fraction of sp³-hybridized carbons (Fsp3) is 0.909. The summed E-state index contributed by atoms with van der Waals surface area (Å²) in [6.45, 7) is 2.66. The minimum atomic E-state index is -4.71. The van der Waals surface area contributed by atoms with Crippen molar-refractivity contribution >= 4 is 15.8 Å². The first kappa shape index (κ1) is 18.0. The molecular formula is C11H20F3N3O3S. The zero-order valence-electron chi connectivity index (χ0n) is 12.1. The molecule has 0 radical (unpaired) electrons. The van der Waals surface area contributed by atoms with Gasteiger partial charge in [-0.05, 0) is 13.8 Å². The van der Waals surface area contributed by atoms with E-state index in [1.807, 2.05) is 0 Å². The van der Waals surface area contributed by atoms with Crippen LogP contribution in [-0.2, 0) is 9.84 Å². The van der Waals surface area contributed by atoms with Crippen molar-refractivity contribution in [1.29, 1.82) is 0 Å². The topological polar surface area (TPSA) is 82.0 Å². The highest BCUT2D eigenvalue weighted by atomic mass is 32.2. The Bertz CT molecular complexity index is 503.